The zero-order valence-electron chi connectivity index (χ0n) is 13.5. The van der Waals surface area contributed by atoms with E-state index in [2.05, 4.69) is 27.9 Å². The number of aromatic amines is 1. The highest BCUT2D eigenvalue weighted by molar-refractivity contribution is 5.22. The lowest BCUT2D eigenvalue weighted by Crippen LogP contribution is -2.35. The third-order valence-corrected chi connectivity index (χ3v) is 4.87. The topological polar surface area (TPSA) is 61.9 Å². The molecule has 2 aromatic heterocycles. The van der Waals surface area contributed by atoms with Crippen LogP contribution >= 0.6 is 0 Å². The Labute approximate surface area is 135 Å². The Balaban J connectivity index is 1.54. The molecule has 0 bridgehead atoms. The molecule has 5 nitrogen and oxygen atoms in total. The van der Waals surface area contributed by atoms with Crippen LogP contribution in [0.2, 0.25) is 0 Å². The molecule has 1 aliphatic carbocycles. The summed E-state index contributed by atoms with van der Waals surface area (Å²) in [5.74, 6) is 1.60. The molecule has 0 spiro atoms. The van der Waals surface area contributed by atoms with Gasteiger partial charge in [0.25, 0.3) is 5.56 Å². The smallest absolute Gasteiger partial charge is 0.254 e. The van der Waals surface area contributed by atoms with Crippen LogP contribution < -0.4 is 5.56 Å². The standard InChI is InChI=1S/C18H22N4O/c1-12-3-2-7-19-15(12)10-22-8-6-14-16(11-22)20-17(21-18(14)23)9-13-4-5-13/h2-3,7,13H,4-6,8-11H2,1H3,(H,20,21,23). The normalized spacial score (nSPS) is 18.0. The van der Waals surface area contributed by atoms with E-state index in [0.29, 0.717) is 0 Å². The van der Waals surface area contributed by atoms with Gasteiger partial charge in [-0.05, 0) is 43.7 Å². The van der Waals surface area contributed by atoms with Crippen LogP contribution in [0.5, 0.6) is 0 Å². The van der Waals surface area contributed by atoms with Gasteiger partial charge in [0.1, 0.15) is 5.82 Å². The average Bonchev–Trinajstić information content (AvgIpc) is 3.33. The molecule has 1 saturated carbocycles. The van der Waals surface area contributed by atoms with Crippen LogP contribution in [-0.2, 0) is 25.9 Å². The highest BCUT2D eigenvalue weighted by Gasteiger charge is 2.25. The summed E-state index contributed by atoms with van der Waals surface area (Å²) in [6.45, 7) is 4.54. The van der Waals surface area contributed by atoms with Crippen molar-refractivity contribution >= 4 is 0 Å². The number of hydrogen-bond acceptors (Lipinski definition) is 4. The fourth-order valence-electron chi connectivity index (χ4n) is 3.27. The Morgan fingerprint density at radius 1 is 1.39 bits per heavy atom. The van der Waals surface area contributed by atoms with E-state index in [-0.39, 0.29) is 5.56 Å². The number of nitrogens with zero attached hydrogens (tertiary/aromatic N) is 3. The van der Waals surface area contributed by atoms with Gasteiger partial charge in [-0.25, -0.2) is 4.98 Å². The number of H-pyrrole nitrogens is 1. The lowest BCUT2D eigenvalue weighted by molar-refractivity contribution is 0.236. The molecule has 0 atom stereocenters. The van der Waals surface area contributed by atoms with E-state index in [1.165, 1.54) is 18.4 Å². The van der Waals surface area contributed by atoms with Crippen LogP contribution in [0.3, 0.4) is 0 Å². The van der Waals surface area contributed by atoms with Crippen LogP contribution in [-0.4, -0.2) is 26.4 Å². The molecular formula is C18H22N4O. The third-order valence-electron chi connectivity index (χ3n) is 4.87. The number of aryl methyl sites for hydroxylation is 1. The lowest BCUT2D eigenvalue weighted by atomic mass is 10.1. The molecule has 4 rings (SSSR count). The fraction of sp³-hybridized carbons (Fsp3) is 0.500. The molecular weight excluding hydrogens is 288 g/mol. The maximum absolute atomic E-state index is 12.3. The molecule has 0 amide bonds. The minimum atomic E-state index is 0.0688. The van der Waals surface area contributed by atoms with E-state index in [0.717, 1.165) is 61.2 Å². The number of hydrogen-bond donors (Lipinski definition) is 1. The summed E-state index contributed by atoms with van der Waals surface area (Å²) in [6, 6.07) is 4.06. The number of aromatic nitrogens is 3. The van der Waals surface area contributed by atoms with Gasteiger partial charge in [-0.15, -0.1) is 0 Å². The van der Waals surface area contributed by atoms with E-state index in [9.17, 15) is 4.79 Å². The molecule has 120 valence electrons. The van der Waals surface area contributed by atoms with Gasteiger partial charge in [0.2, 0.25) is 0 Å². The van der Waals surface area contributed by atoms with Gasteiger partial charge in [-0.3, -0.25) is 14.7 Å². The van der Waals surface area contributed by atoms with Crippen molar-refractivity contribution in [3.05, 3.63) is 57.0 Å². The number of fused-ring (bicyclic) bond motifs is 1. The Morgan fingerprint density at radius 2 is 2.26 bits per heavy atom. The molecule has 0 unspecified atom stereocenters. The first-order valence-electron chi connectivity index (χ1n) is 8.43. The molecule has 1 aliphatic heterocycles. The van der Waals surface area contributed by atoms with E-state index >= 15 is 0 Å². The SMILES string of the molecule is Cc1cccnc1CN1CCc2c(nc(CC3CC3)[nH]c2=O)C1. The molecule has 2 aliphatic rings. The molecule has 0 radical (unpaired) electrons. The minimum Gasteiger partial charge on any atom is -0.310 e. The second kappa shape index (κ2) is 5.89. The van der Waals surface area contributed by atoms with Gasteiger partial charge in [-0.2, -0.15) is 0 Å². The fourth-order valence-corrected chi connectivity index (χ4v) is 3.27. The van der Waals surface area contributed by atoms with Crippen molar-refractivity contribution in [2.75, 3.05) is 6.54 Å². The quantitative estimate of drug-likeness (QED) is 0.938. The maximum atomic E-state index is 12.3. The molecule has 23 heavy (non-hydrogen) atoms. The first-order chi connectivity index (χ1) is 11.2. The molecule has 5 heteroatoms. The Kier molecular flexibility index (Phi) is 3.73. The highest BCUT2D eigenvalue weighted by atomic mass is 16.1. The van der Waals surface area contributed by atoms with Crippen LogP contribution in [0.25, 0.3) is 0 Å². The van der Waals surface area contributed by atoms with Crippen molar-refractivity contribution in [3.8, 4) is 0 Å². The summed E-state index contributed by atoms with van der Waals surface area (Å²) in [5, 5.41) is 0. The third kappa shape index (κ3) is 3.20. The monoisotopic (exact) mass is 310 g/mol. The number of rotatable bonds is 4. The molecule has 1 fully saturated rings. The Hall–Kier alpha value is -2.01. The molecule has 3 heterocycles. The van der Waals surface area contributed by atoms with Gasteiger partial charge >= 0.3 is 0 Å². The minimum absolute atomic E-state index is 0.0688. The van der Waals surface area contributed by atoms with E-state index in [1.807, 2.05) is 12.3 Å². The first-order valence-corrected chi connectivity index (χ1v) is 8.43. The summed E-state index contributed by atoms with van der Waals surface area (Å²) in [6.07, 6.45) is 6.07. The second-order valence-corrected chi connectivity index (χ2v) is 6.81. The van der Waals surface area contributed by atoms with Crippen LogP contribution in [0.4, 0.5) is 0 Å². The van der Waals surface area contributed by atoms with Crippen molar-refractivity contribution in [3.63, 3.8) is 0 Å². The predicted octanol–water partition coefficient (Wildman–Crippen LogP) is 1.98. The molecule has 1 N–H and O–H groups in total. The van der Waals surface area contributed by atoms with E-state index < -0.39 is 0 Å². The highest BCUT2D eigenvalue weighted by Crippen LogP contribution is 2.31. The van der Waals surface area contributed by atoms with Crippen molar-refractivity contribution in [2.24, 2.45) is 5.92 Å². The van der Waals surface area contributed by atoms with Gasteiger partial charge < -0.3 is 4.98 Å². The Morgan fingerprint density at radius 3 is 3.04 bits per heavy atom. The summed E-state index contributed by atoms with van der Waals surface area (Å²) < 4.78 is 0. The van der Waals surface area contributed by atoms with Gasteiger partial charge in [-0.1, -0.05) is 6.07 Å². The zero-order chi connectivity index (χ0) is 15.8. The van der Waals surface area contributed by atoms with Crippen molar-refractivity contribution in [2.45, 2.75) is 45.7 Å². The summed E-state index contributed by atoms with van der Waals surface area (Å²) in [5.41, 5.74) is 4.23. The Bertz CT molecular complexity index is 779. The number of nitrogens with one attached hydrogen (secondary N) is 1. The lowest BCUT2D eigenvalue weighted by Gasteiger charge is -2.27. The van der Waals surface area contributed by atoms with E-state index in [4.69, 9.17) is 4.98 Å². The van der Waals surface area contributed by atoms with Crippen LogP contribution in [0.15, 0.2) is 23.1 Å². The van der Waals surface area contributed by atoms with Crippen molar-refractivity contribution in [1.29, 1.82) is 0 Å². The van der Waals surface area contributed by atoms with Crippen molar-refractivity contribution in [1.82, 2.24) is 19.9 Å². The first kappa shape index (κ1) is 14.6. The van der Waals surface area contributed by atoms with Crippen LogP contribution in [0, 0.1) is 12.8 Å². The summed E-state index contributed by atoms with van der Waals surface area (Å²) >= 11 is 0. The molecule has 0 saturated heterocycles. The number of pyridine rings is 1. The summed E-state index contributed by atoms with van der Waals surface area (Å²) in [7, 11) is 0. The van der Waals surface area contributed by atoms with Crippen LogP contribution in [0.1, 0.15) is 41.2 Å². The average molecular weight is 310 g/mol. The van der Waals surface area contributed by atoms with Gasteiger partial charge in [0.05, 0.1) is 11.4 Å². The molecule has 0 aromatic carbocycles. The van der Waals surface area contributed by atoms with Gasteiger partial charge in [0.15, 0.2) is 0 Å². The largest absolute Gasteiger partial charge is 0.310 e. The predicted molar refractivity (Wildman–Crippen MR) is 88.1 cm³/mol. The molecule has 2 aromatic rings. The van der Waals surface area contributed by atoms with E-state index in [1.54, 1.807) is 0 Å². The summed E-state index contributed by atoms with van der Waals surface area (Å²) in [4.78, 5) is 26.8. The zero-order valence-corrected chi connectivity index (χ0v) is 13.5. The second-order valence-electron chi connectivity index (χ2n) is 6.81. The van der Waals surface area contributed by atoms with Crippen molar-refractivity contribution < 1.29 is 0 Å². The van der Waals surface area contributed by atoms with Gasteiger partial charge in [0, 0.05) is 37.8 Å². The maximum Gasteiger partial charge on any atom is 0.254 e.